The van der Waals surface area contributed by atoms with E-state index in [0.717, 1.165) is 6.07 Å². The smallest absolute Gasteiger partial charge is 0.255 e. The van der Waals surface area contributed by atoms with Crippen molar-refractivity contribution in [3.63, 3.8) is 0 Å². The molecular formula is C15H10BrClFNO3. The Labute approximate surface area is 139 Å². The fourth-order valence-electron chi connectivity index (χ4n) is 1.80. The lowest BCUT2D eigenvalue weighted by Gasteiger charge is -2.10. The molecule has 0 unspecified atom stereocenters. The molecule has 0 aliphatic carbocycles. The highest BCUT2D eigenvalue weighted by Gasteiger charge is 2.16. The molecular weight excluding hydrogens is 377 g/mol. The quantitative estimate of drug-likeness (QED) is 0.797. The van der Waals surface area contributed by atoms with Crippen LogP contribution in [0.2, 0.25) is 5.02 Å². The number of hydrogen-bond donors (Lipinski definition) is 1. The Morgan fingerprint density at radius 1 is 1.41 bits per heavy atom. The van der Waals surface area contributed by atoms with Gasteiger partial charge in [-0.2, -0.15) is 0 Å². The van der Waals surface area contributed by atoms with Crippen molar-refractivity contribution in [2.45, 2.75) is 0 Å². The van der Waals surface area contributed by atoms with E-state index in [9.17, 15) is 14.0 Å². The minimum Gasteiger partial charge on any atom is -0.496 e. The summed E-state index contributed by atoms with van der Waals surface area (Å²) >= 11 is 9.30. The summed E-state index contributed by atoms with van der Waals surface area (Å²) in [7, 11) is 1.29. The number of ether oxygens (including phenoxy) is 1. The van der Waals surface area contributed by atoms with E-state index in [1.54, 1.807) is 18.2 Å². The molecule has 0 aromatic heterocycles. The molecule has 2 aromatic carbocycles. The third kappa shape index (κ3) is 3.28. The van der Waals surface area contributed by atoms with Crippen molar-refractivity contribution in [3.8, 4) is 5.75 Å². The van der Waals surface area contributed by atoms with Gasteiger partial charge in [-0.1, -0.05) is 17.7 Å². The van der Waals surface area contributed by atoms with Gasteiger partial charge in [-0.05, 0) is 40.2 Å². The molecule has 0 aliphatic heterocycles. The van der Waals surface area contributed by atoms with Gasteiger partial charge in [0, 0.05) is 10.0 Å². The summed E-state index contributed by atoms with van der Waals surface area (Å²) in [6, 6.07) is 7.28. The molecule has 0 spiro atoms. The van der Waals surface area contributed by atoms with Crippen molar-refractivity contribution < 1.29 is 18.7 Å². The number of rotatable bonds is 4. The summed E-state index contributed by atoms with van der Waals surface area (Å²) in [5.41, 5.74) is 0.149. The van der Waals surface area contributed by atoms with Gasteiger partial charge in [0.15, 0.2) is 6.29 Å². The minimum atomic E-state index is -0.833. The fraction of sp³-hybridized carbons (Fsp3) is 0.0667. The Morgan fingerprint density at radius 2 is 2.14 bits per heavy atom. The average molecular weight is 387 g/mol. The number of amides is 1. The van der Waals surface area contributed by atoms with Crippen LogP contribution >= 0.6 is 27.5 Å². The van der Waals surface area contributed by atoms with E-state index in [1.165, 1.54) is 13.2 Å². The average Bonchev–Trinajstić information content (AvgIpc) is 2.50. The second kappa shape index (κ2) is 6.89. The van der Waals surface area contributed by atoms with Crippen molar-refractivity contribution >= 4 is 45.4 Å². The zero-order chi connectivity index (χ0) is 16.3. The van der Waals surface area contributed by atoms with Crippen LogP contribution in [0.1, 0.15) is 20.7 Å². The van der Waals surface area contributed by atoms with Crippen LogP contribution in [0.15, 0.2) is 34.8 Å². The minimum absolute atomic E-state index is 0.0102. The van der Waals surface area contributed by atoms with Crippen LogP contribution < -0.4 is 10.1 Å². The van der Waals surface area contributed by atoms with E-state index in [2.05, 4.69) is 21.2 Å². The third-order valence-corrected chi connectivity index (χ3v) is 4.19. The normalized spacial score (nSPS) is 10.2. The first-order chi connectivity index (χ1) is 10.5. The monoisotopic (exact) mass is 385 g/mol. The number of nitrogens with one attached hydrogen (secondary N) is 1. The Kier molecular flexibility index (Phi) is 5.15. The molecule has 1 N–H and O–H groups in total. The van der Waals surface area contributed by atoms with Crippen molar-refractivity contribution in [3.05, 3.63) is 56.8 Å². The number of anilines is 1. The van der Waals surface area contributed by atoms with Gasteiger partial charge in [0.25, 0.3) is 5.91 Å². The van der Waals surface area contributed by atoms with Crippen LogP contribution in [0.25, 0.3) is 0 Å². The molecule has 0 fully saturated rings. The number of benzene rings is 2. The molecule has 2 aromatic rings. The van der Waals surface area contributed by atoms with E-state index in [-0.39, 0.29) is 16.9 Å². The van der Waals surface area contributed by atoms with Gasteiger partial charge >= 0.3 is 0 Å². The van der Waals surface area contributed by atoms with Gasteiger partial charge in [0.05, 0.1) is 23.4 Å². The highest BCUT2D eigenvalue weighted by atomic mass is 79.9. The SMILES string of the molecule is COc1cc(C(=O)Nc2cccc(Br)c2Cl)cc(F)c1C=O. The van der Waals surface area contributed by atoms with Gasteiger partial charge in [-0.25, -0.2) is 4.39 Å². The van der Waals surface area contributed by atoms with Crippen molar-refractivity contribution in [2.75, 3.05) is 12.4 Å². The Balaban J connectivity index is 2.36. The zero-order valence-corrected chi connectivity index (χ0v) is 13.7. The molecule has 0 saturated carbocycles. The Bertz CT molecular complexity index is 752. The second-order valence-electron chi connectivity index (χ2n) is 4.25. The molecule has 0 bridgehead atoms. The number of carbonyl (C=O) groups excluding carboxylic acids is 2. The molecule has 0 aliphatic rings. The number of carbonyl (C=O) groups is 2. The summed E-state index contributed by atoms with van der Waals surface area (Å²) < 4.78 is 19.3. The summed E-state index contributed by atoms with van der Waals surface area (Å²) in [4.78, 5) is 23.0. The van der Waals surface area contributed by atoms with Gasteiger partial charge < -0.3 is 10.1 Å². The number of hydrogen-bond acceptors (Lipinski definition) is 3. The lowest BCUT2D eigenvalue weighted by molar-refractivity contribution is 0.102. The van der Waals surface area contributed by atoms with Gasteiger partial charge in [0.1, 0.15) is 11.6 Å². The van der Waals surface area contributed by atoms with E-state index in [0.29, 0.717) is 21.5 Å². The van der Waals surface area contributed by atoms with Crippen LogP contribution in [0.5, 0.6) is 5.75 Å². The molecule has 7 heteroatoms. The summed E-state index contributed by atoms with van der Waals surface area (Å²) in [6.07, 6.45) is 0.334. The van der Waals surface area contributed by atoms with Crippen LogP contribution in [0, 0.1) is 5.82 Å². The maximum absolute atomic E-state index is 13.8. The maximum Gasteiger partial charge on any atom is 0.255 e. The topological polar surface area (TPSA) is 55.4 Å². The van der Waals surface area contributed by atoms with Crippen LogP contribution in [0.4, 0.5) is 10.1 Å². The van der Waals surface area contributed by atoms with E-state index < -0.39 is 11.7 Å². The lowest BCUT2D eigenvalue weighted by atomic mass is 10.1. The van der Waals surface area contributed by atoms with Crippen molar-refractivity contribution in [1.29, 1.82) is 0 Å². The summed E-state index contributed by atoms with van der Waals surface area (Å²) in [5, 5.41) is 2.90. The largest absolute Gasteiger partial charge is 0.496 e. The first kappa shape index (κ1) is 16.5. The fourth-order valence-corrected chi connectivity index (χ4v) is 2.34. The Morgan fingerprint density at radius 3 is 2.77 bits per heavy atom. The number of methoxy groups -OCH3 is 1. The molecule has 0 saturated heterocycles. The number of aldehydes is 1. The first-order valence-electron chi connectivity index (χ1n) is 6.06. The summed E-state index contributed by atoms with van der Waals surface area (Å²) in [5.74, 6) is -1.42. The van der Waals surface area contributed by atoms with Crippen LogP contribution in [0.3, 0.4) is 0 Å². The van der Waals surface area contributed by atoms with E-state index in [4.69, 9.17) is 16.3 Å². The van der Waals surface area contributed by atoms with Crippen molar-refractivity contribution in [2.24, 2.45) is 0 Å². The molecule has 0 radical (unpaired) electrons. The predicted molar refractivity (Wildman–Crippen MR) is 85.4 cm³/mol. The molecule has 2 rings (SSSR count). The van der Waals surface area contributed by atoms with Crippen molar-refractivity contribution in [1.82, 2.24) is 0 Å². The molecule has 4 nitrogen and oxygen atoms in total. The lowest BCUT2D eigenvalue weighted by Crippen LogP contribution is -2.13. The Hall–Kier alpha value is -1.92. The predicted octanol–water partition coefficient (Wildman–Crippen LogP) is 4.32. The van der Waals surface area contributed by atoms with Gasteiger partial charge in [-0.3, -0.25) is 9.59 Å². The summed E-state index contributed by atoms with van der Waals surface area (Å²) in [6.45, 7) is 0. The highest BCUT2D eigenvalue weighted by molar-refractivity contribution is 9.10. The molecule has 114 valence electrons. The first-order valence-corrected chi connectivity index (χ1v) is 7.23. The molecule has 1 amide bonds. The molecule has 0 atom stereocenters. The number of halogens is 3. The van der Waals surface area contributed by atoms with Gasteiger partial charge in [0.2, 0.25) is 0 Å². The van der Waals surface area contributed by atoms with Gasteiger partial charge in [-0.15, -0.1) is 0 Å². The maximum atomic E-state index is 13.8. The van der Waals surface area contributed by atoms with E-state index >= 15 is 0 Å². The zero-order valence-electron chi connectivity index (χ0n) is 11.3. The molecule has 22 heavy (non-hydrogen) atoms. The standard InChI is InChI=1S/C15H10BrClFNO3/c1-22-13-6-8(5-11(18)9(13)7-20)15(21)19-12-4-2-3-10(16)14(12)17/h2-7H,1H3,(H,19,21). The second-order valence-corrected chi connectivity index (χ2v) is 5.48. The molecule has 0 heterocycles. The third-order valence-electron chi connectivity index (χ3n) is 2.89. The van der Waals surface area contributed by atoms with Crippen LogP contribution in [-0.4, -0.2) is 19.3 Å². The highest BCUT2D eigenvalue weighted by Crippen LogP contribution is 2.30. The van der Waals surface area contributed by atoms with Crippen LogP contribution in [-0.2, 0) is 0 Å². The van der Waals surface area contributed by atoms with E-state index in [1.807, 2.05) is 0 Å².